The van der Waals surface area contributed by atoms with Crippen LogP contribution in [-0.2, 0) is 0 Å². The summed E-state index contributed by atoms with van der Waals surface area (Å²) in [6, 6.07) is 5.80. The number of hydrogen-bond acceptors (Lipinski definition) is 8. The van der Waals surface area contributed by atoms with E-state index in [-0.39, 0.29) is 10.8 Å². The van der Waals surface area contributed by atoms with Crippen molar-refractivity contribution in [1.29, 1.82) is 0 Å². The number of nitrogens with zero attached hydrogens (tertiary/aromatic N) is 5. The van der Waals surface area contributed by atoms with E-state index >= 15 is 0 Å². The van der Waals surface area contributed by atoms with E-state index in [4.69, 9.17) is 0 Å². The Kier molecular flexibility index (Phi) is 4.03. The van der Waals surface area contributed by atoms with Gasteiger partial charge in [-0.05, 0) is 24.4 Å². The third-order valence-electron chi connectivity index (χ3n) is 4.01. The van der Waals surface area contributed by atoms with E-state index in [9.17, 15) is 4.79 Å². The summed E-state index contributed by atoms with van der Waals surface area (Å²) < 4.78 is 1.63. The van der Waals surface area contributed by atoms with Crippen molar-refractivity contribution >= 4 is 50.4 Å². The lowest BCUT2D eigenvalue weighted by atomic mass is 10.2. The standard InChI is InChI=1S/C17H12N6OS3/c1-9(27-17-21-16-18-5-3-6-23(16)22-17)13-19-14(24)12-10(8-26-15(12)20-13)11-4-2-7-25-11/h2-9H,1H3,(H,19,20,24)/t9-/m1/s1. The fourth-order valence-electron chi connectivity index (χ4n) is 2.75. The summed E-state index contributed by atoms with van der Waals surface area (Å²) in [6.07, 6.45) is 3.48. The SMILES string of the molecule is C[C@@H](Sc1nc2ncccn2n1)c1nc2scc(-c3cccs3)c2c(=O)[nH]1. The largest absolute Gasteiger partial charge is 0.309 e. The second-order valence-electron chi connectivity index (χ2n) is 5.78. The van der Waals surface area contributed by atoms with Crippen LogP contribution in [0.3, 0.4) is 0 Å². The molecule has 134 valence electrons. The van der Waals surface area contributed by atoms with Gasteiger partial charge in [-0.25, -0.2) is 14.5 Å². The van der Waals surface area contributed by atoms with Crippen LogP contribution in [0.15, 0.2) is 51.3 Å². The van der Waals surface area contributed by atoms with Gasteiger partial charge in [-0.15, -0.1) is 27.8 Å². The van der Waals surface area contributed by atoms with E-state index in [0.29, 0.717) is 22.1 Å². The Hall–Kier alpha value is -2.56. The number of fused-ring (bicyclic) bond motifs is 2. The van der Waals surface area contributed by atoms with Gasteiger partial charge in [-0.2, -0.15) is 4.98 Å². The zero-order valence-corrected chi connectivity index (χ0v) is 16.4. The number of nitrogens with one attached hydrogen (secondary N) is 1. The average Bonchev–Trinajstić information content (AvgIpc) is 3.39. The van der Waals surface area contributed by atoms with Crippen LogP contribution in [0.5, 0.6) is 0 Å². The Morgan fingerprint density at radius 2 is 2.19 bits per heavy atom. The molecule has 0 unspecified atom stereocenters. The summed E-state index contributed by atoms with van der Waals surface area (Å²) in [5, 5.41) is 9.53. The molecule has 0 spiro atoms. The van der Waals surface area contributed by atoms with Gasteiger partial charge in [-0.1, -0.05) is 17.8 Å². The van der Waals surface area contributed by atoms with Gasteiger partial charge in [-0.3, -0.25) is 4.79 Å². The summed E-state index contributed by atoms with van der Waals surface area (Å²) in [5.74, 6) is 1.16. The van der Waals surface area contributed by atoms with E-state index in [1.165, 1.54) is 23.1 Å². The van der Waals surface area contributed by atoms with Crippen LogP contribution in [0.25, 0.3) is 26.4 Å². The number of aromatic nitrogens is 6. The van der Waals surface area contributed by atoms with Gasteiger partial charge in [0.2, 0.25) is 5.16 Å². The highest BCUT2D eigenvalue weighted by Crippen LogP contribution is 2.35. The molecule has 5 rings (SSSR count). The second-order valence-corrected chi connectivity index (χ2v) is 8.89. The Balaban J connectivity index is 1.50. The molecule has 0 saturated carbocycles. The zero-order chi connectivity index (χ0) is 18.4. The van der Waals surface area contributed by atoms with Crippen LogP contribution in [0.2, 0.25) is 0 Å². The Labute approximate surface area is 165 Å². The highest BCUT2D eigenvalue weighted by molar-refractivity contribution is 7.99. The summed E-state index contributed by atoms with van der Waals surface area (Å²) in [4.78, 5) is 30.7. The molecule has 1 N–H and O–H groups in total. The van der Waals surface area contributed by atoms with Gasteiger partial charge < -0.3 is 4.98 Å². The molecule has 10 heteroatoms. The molecule has 7 nitrogen and oxygen atoms in total. The third kappa shape index (κ3) is 2.95. The molecule has 0 radical (unpaired) electrons. The van der Waals surface area contributed by atoms with Crippen LogP contribution in [0.4, 0.5) is 0 Å². The lowest BCUT2D eigenvalue weighted by Crippen LogP contribution is -2.12. The maximum absolute atomic E-state index is 12.7. The summed E-state index contributed by atoms with van der Waals surface area (Å²) in [5.41, 5.74) is 0.829. The average molecular weight is 413 g/mol. The molecule has 0 fully saturated rings. The van der Waals surface area contributed by atoms with Crippen molar-refractivity contribution in [2.24, 2.45) is 0 Å². The van der Waals surface area contributed by atoms with E-state index in [0.717, 1.165) is 15.3 Å². The number of hydrogen-bond donors (Lipinski definition) is 1. The van der Waals surface area contributed by atoms with E-state index in [2.05, 4.69) is 25.0 Å². The molecule has 5 aromatic heterocycles. The van der Waals surface area contributed by atoms with Gasteiger partial charge in [0.25, 0.3) is 11.3 Å². The van der Waals surface area contributed by atoms with Crippen molar-refractivity contribution in [3.63, 3.8) is 0 Å². The summed E-state index contributed by atoms with van der Waals surface area (Å²) in [7, 11) is 0. The van der Waals surface area contributed by atoms with Crippen molar-refractivity contribution in [2.45, 2.75) is 17.3 Å². The number of thiophene rings is 2. The van der Waals surface area contributed by atoms with Gasteiger partial charge in [0.15, 0.2) is 0 Å². The Morgan fingerprint density at radius 3 is 3.00 bits per heavy atom. The quantitative estimate of drug-likeness (QED) is 0.449. The highest BCUT2D eigenvalue weighted by Gasteiger charge is 2.18. The van der Waals surface area contributed by atoms with Crippen molar-refractivity contribution in [1.82, 2.24) is 29.5 Å². The van der Waals surface area contributed by atoms with E-state index in [1.54, 1.807) is 34.3 Å². The first-order valence-electron chi connectivity index (χ1n) is 8.08. The first-order chi connectivity index (χ1) is 13.2. The van der Waals surface area contributed by atoms with Crippen LogP contribution in [0, 0.1) is 0 Å². The molecule has 5 heterocycles. The minimum Gasteiger partial charge on any atom is -0.309 e. The van der Waals surface area contributed by atoms with Gasteiger partial charge in [0.1, 0.15) is 10.7 Å². The van der Waals surface area contributed by atoms with Crippen LogP contribution in [0.1, 0.15) is 18.0 Å². The van der Waals surface area contributed by atoms with Gasteiger partial charge >= 0.3 is 0 Å². The molecular weight excluding hydrogens is 400 g/mol. The van der Waals surface area contributed by atoms with Gasteiger partial charge in [0.05, 0.1) is 10.6 Å². The molecule has 0 saturated heterocycles. The molecule has 0 aliphatic heterocycles. The zero-order valence-electron chi connectivity index (χ0n) is 14.0. The first-order valence-corrected chi connectivity index (χ1v) is 10.7. The maximum atomic E-state index is 12.7. The lowest BCUT2D eigenvalue weighted by molar-refractivity contribution is 0.866. The van der Waals surface area contributed by atoms with Crippen LogP contribution >= 0.6 is 34.4 Å². The first kappa shape index (κ1) is 16.6. The van der Waals surface area contributed by atoms with Crippen LogP contribution < -0.4 is 5.56 Å². The molecule has 27 heavy (non-hydrogen) atoms. The van der Waals surface area contributed by atoms with E-state index in [1.807, 2.05) is 29.8 Å². The number of H-pyrrole nitrogens is 1. The Morgan fingerprint density at radius 1 is 1.26 bits per heavy atom. The molecular formula is C17H12N6OS3. The summed E-state index contributed by atoms with van der Waals surface area (Å²) >= 11 is 4.54. The number of rotatable bonds is 4. The molecule has 0 bridgehead atoms. The molecule has 1 atom stereocenters. The fraction of sp³-hybridized carbons (Fsp3) is 0.118. The third-order valence-corrected chi connectivity index (χ3v) is 6.75. The topological polar surface area (TPSA) is 88.8 Å². The monoisotopic (exact) mass is 412 g/mol. The minimum atomic E-state index is -0.114. The molecule has 0 aliphatic rings. The number of thioether (sulfide) groups is 1. The number of aromatic amines is 1. The lowest BCUT2D eigenvalue weighted by Gasteiger charge is -2.07. The Bertz CT molecular complexity index is 1270. The van der Waals surface area contributed by atoms with Crippen molar-refractivity contribution in [3.05, 3.63) is 57.5 Å². The molecule has 5 aromatic rings. The second kappa shape index (κ2) is 6.55. The molecule has 0 aromatic carbocycles. The van der Waals surface area contributed by atoms with Gasteiger partial charge in [0, 0.05) is 28.2 Å². The van der Waals surface area contributed by atoms with Crippen molar-refractivity contribution < 1.29 is 0 Å². The van der Waals surface area contributed by atoms with Crippen molar-refractivity contribution in [3.8, 4) is 10.4 Å². The minimum absolute atomic E-state index is 0.105. The molecule has 0 aliphatic carbocycles. The predicted octanol–water partition coefficient (Wildman–Crippen LogP) is 4.00. The predicted molar refractivity (Wildman–Crippen MR) is 109 cm³/mol. The van der Waals surface area contributed by atoms with Crippen molar-refractivity contribution in [2.75, 3.05) is 0 Å². The van der Waals surface area contributed by atoms with E-state index < -0.39 is 0 Å². The molecule has 0 amide bonds. The normalized spacial score (nSPS) is 12.8. The fourth-order valence-corrected chi connectivity index (χ4v) is 5.33. The van der Waals surface area contributed by atoms with Crippen LogP contribution in [-0.4, -0.2) is 29.5 Å². The highest BCUT2D eigenvalue weighted by atomic mass is 32.2. The summed E-state index contributed by atoms with van der Waals surface area (Å²) in [6.45, 7) is 1.97. The maximum Gasteiger partial charge on any atom is 0.260 e. The smallest absolute Gasteiger partial charge is 0.260 e.